The summed E-state index contributed by atoms with van der Waals surface area (Å²) in [6.45, 7) is 2.22. The summed E-state index contributed by atoms with van der Waals surface area (Å²) < 4.78 is 26.9. The van der Waals surface area contributed by atoms with Crippen LogP contribution in [-0.2, 0) is 10.0 Å². The summed E-state index contributed by atoms with van der Waals surface area (Å²) >= 11 is 0. The highest BCUT2D eigenvalue weighted by Gasteiger charge is 2.17. The van der Waals surface area contributed by atoms with E-state index in [0.29, 0.717) is 12.1 Å². The van der Waals surface area contributed by atoms with E-state index in [1.54, 1.807) is 12.1 Å². The minimum Gasteiger partial charge on any atom is -0.384 e. The van der Waals surface area contributed by atoms with Gasteiger partial charge in [0.05, 0.1) is 4.90 Å². The molecular weight excluding hydrogens is 276 g/mol. The van der Waals surface area contributed by atoms with Crippen molar-refractivity contribution in [1.29, 1.82) is 0 Å². The summed E-state index contributed by atoms with van der Waals surface area (Å²) in [6.07, 6.45) is 0. The Bertz CT molecular complexity index is 583. The number of hydrogen-bond acceptors (Lipinski definition) is 4. The number of rotatable bonds is 5. The largest absolute Gasteiger partial charge is 0.384 e. The first kappa shape index (κ1) is 16.7. The first-order chi connectivity index (χ1) is 9.35. The molecule has 0 aliphatic heterocycles. The average Bonchev–Trinajstić information content (AvgIpc) is 2.35. The highest BCUT2D eigenvalue weighted by molar-refractivity contribution is 7.89. The smallest absolute Gasteiger partial charge is 0.240 e. The Kier molecular flexibility index (Phi) is 6.17. The van der Waals surface area contributed by atoms with Gasteiger partial charge in [-0.15, -0.1) is 0 Å². The van der Waals surface area contributed by atoms with Gasteiger partial charge in [-0.25, -0.2) is 13.1 Å². The van der Waals surface area contributed by atoms with Crippen LogP contribution in [0.1, 0.15) is 12.5 Å². The highest BCUT2D eigenvalue weighted by atomic mass is 32.2. The monoisotopic (exact) mass is 296 g/mol. The van der Waals surface area contributed by atoms with E-state index in [1.807, 2.05) is 25.9 Å². The number of hydrogen-bond donors (Lipinski definition) is 2. The number of nitrogens with one attached hydrogen (secondary N) is 1. The van der Waals surface area contributed by atoms with Gasteiger partial charge in [-0.1, -0.05) is 11.8 Å². The first-order valence-corrected chi connectivity index (χ1v) is 7.70. The van der Waals surface area contributed by atoms with Gasteiger partial charge < -0.3 is 10.0 Å². The van der Waals surface area contributed by atoms with Crippen molar-refractivity contribution >= 4 is 10.0 Å². The molecule has 1 aromatic carbocycles. The Morgan fingerprint density at radius 1 is 1.30 bits per heavy atom. The van der Waals surface area contributed by atoms with Crippen LogP contribution in [0.3, 0.4) is 0 Å². The quantitative estimate of drug-likeness (QED) is 0.765. The zero-order chi connectivity index (χ0) is 15.2. The molecule has 0 heterocycles. The van der Waals surface area contributed by atoms with E-state index in [-0.39, 0.29) is 17.5 Å². The van der Waals surface area contributed by atoms with E-state index in [2.05, 4.69) is 16.6 Å². The Balaban J connectivity index is 2.82. The van der Waals surface area contributed by atoms with Crippen molar-refractivity contribution in [2.24, 2.45) is 0 Å². The van der Waals surface area contributed by atoms with Gasteiger partial charge in [0.25, 0.3) is 0 Å². The fraction of sp³-hybridized carbons (Fsp3) is 0.429. The van der Waals surface area contributed by atoms with Gasteiger partial charge in [-0.3, -0.25) is 0 Å². The normalized spacial score (nSPS) is 12.8. The number of aliphatic hydroxyl groups is 1. The Hall–Kier alpha value is -1.39. The van der Waals surface area contributed by atoms with Crippen LogP contribution in [0.5, 0.6) is 0 Å². The SMILES string of the molecule is CC(CN(C)C)NS(=O)(=O)c1ccc(C#CCO)cc1. The molecule has 0 aliphatic rings. The van der Waals surface area contributed by atoms with Crippen LogP contribution < -0.4 is 4.72 Å². The van der Waals surface area contributed by atoms with E-state index >= 15 is 0 Å². The number of benzene rings is 1. The second-order valence-corrected chi connectivity index (χ2v) is 6.48. The zero-order valence-corrected chi connectivity index (χ0v) is 12.7. The molecule has 20 heavy (non-hydrogen) atoms. The molecular formula is C14H20N2O3S. The molecule has 0 saturated carbocycles. The van der Waals surface area contributed by atoms with Crippen LogP contribution in [0.2, 0.25) is 0 Å². The molecule has 1 atom stereocenters. The number of sulfonamides is 1. The Morgan fingerprint density at radius 2 is 1.90 bits per heavy atom. The van der Waals surface area contributed by atoms with E-state index in [4.69, 9.17) is 5.11 Å². The third kappa shape index (κ3) is 5.31. The minimum atomic E-state index is -3.52. The van der Waals surface area contributed by atoms with E-state index in [9.17, 15) is 8.42 Å². The van der Waals surface area contributed by atoms with Crippen LogP contribution in [0.4, 0.5) is 0 Å². The molecule has 5 nitrogen and oxygen atoms in total. The van der Waals surface area contributed by atoms with E-state index in [1.165, 1.54) is 12.1 Å². The molecule has 6 heteroatoms. The van der Waals surface area contributed by atoms with Gasteiger partial charge in [0, 0.05) is 18.2 Å². The lowest BCUT2D eigenvalue weighted by molar-refractivity contribution is 0.350. The molecule has 1 rings (SSSR count). The number of aliphatic hydroxyl groups excluding tert-OH is 1. The van der Waals surface area contributed by atoms with Crippen molar-refractivity contribution in [2.75, 3.05) is 27.2 Å². The van der Waals surface area contributed by atoms with Crippen LogP contribution in [0.25, 0.3) is 0 Å². The van der Waals surface area contributed by atoms with Crippen LogP contribution >= 0.6 is 0 Å². The van der Waals surface area contributed by atoms with Gasteiger partial charge in [-0.2, -0.15) is 0 Å². The zero-order valence-electron chi connectivity index (χ0n) is 11.9. The van der Waals surface area contributed by atoms with E-state index in [0.717, 1.165) is 0 Å². The second-order valence-electron chi connectivity index (χ2n) is 4.77. The van der Waals surface area contributed by atoms with Gasteiger partial charge in [0.15, 0.2) is 0 Å². The lowest BCUT2D eigenvalue weighted by atomic mass is 10.2. The topological polar surface area (TPSA) is 69.6 Å². The highest BCUT2D eigenvalue weighted by Crippen LogP contribution is 2.10. The molecule has 2 N–H and O–H groups in total. The lowest BCUT2D eigenvalue weighted by Gasteiger charge is -2.18. The maximum atomic E-state index is 12.1. The summed E-state index contributed by atoms with van der Waals surface area (Å²) in [5.41, 5.74) is 0.666. The maximum Gasteiger partial charge on any atom is 0.240 e. The average molecular weight is 296 g/mol. The predicted octanol–water partition coefficient (Wildman–Crippen LogP) is 0.259. The molecule has 1 unspecified atom stereocenters. The standard InChI is InChI=1S/C14H20N2O3S/c1-12(11-16(2)3)15-20(18,19)14-8-6-13(7-9-14)5-4-10-17/h6-9,12,15,17H,10-11H2,1-3H3. The summed E-state index contributed by atoms with van der Waals surface area (Å²) in [7, 11) is 0.260. The molecule has 0 aliphatic carbocycles. The number of nitrogens with zero attached hydrogens (tertiary/aromatic N) is 1. The van der Waals surface area contributed by atoms with Crippen molar-refractivity contribution in [3.05, 3.63) is 29.8 Å². The molecule has 0 saturated heterocycles. The molecule has 0 bridgehead atoms. The molecule has 0 aromatic heterocycles. The Labute approximate surface area is 120 Å². The van der Waals surface area contributed by atoms with Gasteiger partial charge in [0.2, 0.25) is 10.0 Å². The van der Waals surface area contributed by atoms with E-state index < -0.39 is 10.0 Å². The summed E-state index contributed by atoms with van der Waals surface area (Å²) in [4.78, 5) is 2.12. The van der Waals surface area contributed by atoms with Crippen LogP contribution in [-0.4, -0.2) is 51.7 Å². The molecule has 1 aromatic rings. The molecule has 0 amide bonds. The van der Waals surface area contributed by atoms with Gasteiger partial charge >= 0.3 is 0 Å². The van der Waals surface area contributed by atoms with Crippen molar-refractivity contribution in [3.8, 4) is 11.8 Å². The molecule has 0 radical (unpaired) electrons. The summed E-state index contributed by atoms with van der Waals surface area (Å²) in [6, 6.07) is 6.07. The second kappa shape index (κ2) is 7.41. The fourth-order valence-corrected chi connectivity index (χ4v) is 3.01. The molecule has 110 valence electrons. The third-order valence-corrected chi connectivity index (χ3v) is 4.08. The van der Waals surface area contributed by atoms with Crippen LogP contribution in [0, 0.1) is 11.8 Å². The summed E-state index contributed by atoms with van der Waals surface area (Å²) in [5, 5.41) is 8.60. The fourth-order valence-electron chi connectivity index (χ4n) is 1.78. The number of likely N-dealkylation sites (N-methyl/N-ethyl adjacent to an activating group) is 1. The van der Waals surface area contributed by atoms with Gasteiger partial charge in [-0.05, 0) is 45.3 Å². The van der Waals surface area contributed by atoms with Crippen molar-refractivity contribution in [1.82, 2.24) is 9.62 Å². The third-order valence-electron chi connectivity index (χ3n) is 2.47. The lowest BCUT2D eigenvalue weighted by Crippen LogP contribution is -2.39. The predicted molar refractivity (Wildman–Crippen MR) is 78.7 cm³/mol. The van der Waals surface area contributed by atoms with Crippen LogP contribution in [0.15, 0.2) is 29.2 Å². The van der Waals surface area contributed by atoms with Gasteiger partial charge in [0.1, 0.15) is 6.61 Å². The maximum absolute atomic E-state index is 12.1. The van der Waals surface area contributed by atoms with Crippen molar-refractivity contribution in [2.45, 2.75) is 17.9 Å². The molecule has 0 spiro atoms. The summed E-state index contributed by atoms with van der Waals surface area (Å²) in [5.74, 6) is 5.23. The molecule has 0 fully saturated rings. The first-order valence-electron chi connectivity index (χ1n) is 6.22. The Morgan fingerprint density at radius 3 is 2.40 bits per heavy atom. The van der Waals surface area contributed by atoms with Crippen molar-refractivity contribution in [3.63, 3.8) is 0 Å². The van der Waals surface area contributed by atoms with Crippen molar-refractivity contribution < 1.29 is 13.5 Å². The minimum absolute atomic E-state index is 0.177.